The minimum Gasteiger partial charge on any atom is -0.475 e. The number of carboxylic acids is 1. The van der Waals surface area contributed by atoms with Crippen LogP contribution >= 0.6 is 0 Å². The lowest BCUT2D eigenvalue weighted by Gasteiger charge is -2.09. The predicted octanol–water partition coefficient (Wildman–Crippen LogP) is -0.707. The molecule has 2 rings (SSSR count). The minimum absolute atomic E-state index is 0.115. The molecule has 0 aromatic carbocycles. The second-order valence-electron chi connectivity index (χ2n) is 2.97. The smallest absolute Gasteiger partial charge is 0.377 e. The van der Waals surface area contributed by atoms with Gasteiger partial charge in [-0.3, -0.25) is 0 Å². The number of amides is 2. The van der Waals surface area contributed by atoms with Gasteiger partial charge in [-0.1, -0.05) is 0 Å². The summed E-state index contributed by atoms with van der Waals surface area (Å²) in [6.45, 7) is 1.24. The Balaban J connectivity index is 2.04. The number of urea groups is 1. The van der Waals surface area contributed by atoms with Crippen LogP contribution < -0.4 is 5.32 Å². The molecule has 8 nitrogen and oxygen atoms in total. The van der Waals surface area contributed by atoms with E-state index in [0.29, 0.717) is 13.1 Å². The van der Waals surface area contributed by atoms with Crippen molar-refractivity contribution in [2.45, 2.75) is 6.54 Å². The highest BCUT2D eigenvalue weighted by Gasteiger charge is 2.22. The molecular formula is C7H8N4O4. The molecule has 1 saturated heterocycles. The number of carbonyl (C=O) groups excluding carboxylic acids is 1. The molecule has 2 amide bonds. The van der Waals surface area contributed by atoms with Crippen molar-refractivity contribution in [2.75, 3.05) is 13.1 Å². The summed E-state index contributed by atoms with van der Waals surface area (Å²) in [6.07, 6.45) is 0. The molecule has 0 bridgehead atoms. The van der Waals surface area contributed by atoms with Crippen LogP contribution in [0.3, 0.4) is 0 Å². The molecule has 0 saturated carbocycles. The molecule has 1 aromatic rings. The fourth-order valence-corrected chi connectivity index (χ4v) is 1.23. The highest BCUT2D eigenvalue weighted by molar-refractivity contribution is 5.82. The summed E-state index contributed by atoms with van der Waals surface area (Å²) in [5.74, 6) is -1.54. The van der Waals surface area contributed by atoms with Crippen molar-refractivity contribution in [1.29, 1.82) is 0 Å². The van der Waals surface area contributed by atoms with Crippen molar-refractivity contribution in [1.82, 2.24) is 20.4 Å². The molecule has 0 radical (unpaired) electrons. The van der Waals surface area contributed by atoms with Gasteiger partial charge < -0.3 is 19.8 Å². The van der Waals surface area contributed by atoms with Crippen LogP contribution in [0.2, 0.25) is 0 Å². The van der Waals surface area contributed by atoms with Crippen molar-refractivity contribution >= 4 is 12.0 Å². The molecule has 0 atom stereocenters. The molecule has 2 N–H and O–H groups in total. The van der Waals surface area contributed by atoms with E-state index in [1.807, 2.05) is 0 Å². The normalized spacial score (nSPS) is 15.5. The van der Waals surface area contributed by atoms with Crippen molar-refractivity contribution in [2.24, 2.45) is 0 Å². The topological polar surface area (TPSA) is 109 Å². The van der Waals surface area contributed by atoms with Crippen LogP contribution in [0.1, 0.15) is 16.5 Å². The van der Waals surface area contributed by atoms with Gasteiger partial charge in [0.15, 0.2) is 0 Å². The molecule has 15 heavy (non-hydrogen) atoms. The first-order chi connectivity index (χ1) is 7.16. The average Bonchev–Trinajstić information content (AvgIpc) is 2.77. The van der Waals surface area contributed by atoms with E-state index in [1.54, 1.807) is 0 Å². The zero-order chi connectivity index (χ0) is 10.8. The fourth-order valence-electron chi connectivity index (χ4n) is 1.23. The van der Waals surface area contributed by atoms with Crippen molar-refractivity contribution < 1.29 is 19.2 Å². The van der Waals surface area contributed by atoms with Crippen LogP contribution in [0, 0.1) is 0 Å². The third-order valence-corrected chi connectivity index (χ3v) is 1.93. The lowest BCUT2D eigenvalue weighted by atomic mass is 10.5. The summed E-state index contributed by atoms with van der Waals surface area (Å²) in [5.41, 5.74) is 0. The van der Waals surface area contributed by atoms with Gasteiger partial charge in [0.1, 0.15) is 6.54 Å². The SMILES string of the molecule is O=C(O)c1noc(CN2CCNC2=O)n1. The second-order valence-corrected chi connectivity index (χ2v) is 2.97. The Bertz CT molecular complexity index is 401. The third kappa shape index (κ3) is 1.87. The summed E-state index contributed by atoms with van der Waals surface area (Å²) in [7, 11) is 0. The summed E-state index contributed by atoms with van der Waals surface area (Å²) in [5, 5.41) is 14.4. The number of nitrogens with one attached hydrogen (secondary N) is 1. The zero-order valence-electron chi connectivity index (χ0n) is 7.63. The third-order valence-electron chi connectivity index (χ3n) is 1.93. The first kappa shape index (κ1) is 9.44. The Labute approximate surface area is 83.9 Å². The molecule has 0 aliphatic carbocycles. The number of carboxylic acid groups (broad SMARTS) is 1. The van der Waals surface area contributed by atoms with Crippen molar-refractivity contribution in [3.05, 3.63) is 11.7 Å². The predicted molar refractivity (Wildman–Crippen MR) is 45.1 cm³/mol. The number of hydrogen-bond acceptors (Lipinski definition) is 5. The number of carbonyl (C=O) groups is 2. The van der Waals surface area contributed by atoms with Gasteiger partial charge in [0.05, 0.1) is 0 Å². The van der Waals surface area contributed by atoms with E-state index in [0.717, 1.165) is 0 Å². The molecular weight excluding hydrogens is 204 g/mol. The van der Waals surface area contributed by atoms with E-state index in [4.69, 9.17) is 5.11 Å². The second kappa shape index (κ2) is 3.56. The molecule has 1 aliphatic rings. The Morgan fingerprint density at radius 3 is 3.00 bits per heavy atom. The number of aromatic carboxylic acids is 1. The lowest BCUT2D eigenvalue weighted by molar-refractivity contribution is 0.0680. The Kier molecular flexibility index (Phi) is 2.24. The summed E-state index contributed by atoms with van der Waals surface area (Å²) in [4.78, 5) is 26.6. The largest absolute Gasteiger partial charge is 0.475 e. The number of aromatic nitrogens is 2. The van der Waals surface area contributed by atoms with Crippen LogP contribution in [0.5, 0.6) is 0 Å². The van der Waals surface area contributed by atoms with Gasteiger partial charge in [-0.05, 0) is 5.16 Å². The van der Waals surface area contributed by atoms with Crippen LogP contribution in [-0.2, 0) is 6.54 Å². The van der Waals surface area contributed by atoms with Crippen LogP contribution in [0.25, 0.3) is 0 Å². The lowest BCUT2D eigenvalue weighted by Crippen LogP contribution is -2.27. The van der Waals surface area contributed by atoms with Gasteiger partial charge in [0.2, 0.25) is 5.89 Å². The minimum atomic E-state index is -1.25. The molecule has 0 spiro atoms. The van der Waals surface area contributed by atoms with Crippen molar-refractivity contribution in [3.63, 3.8) is 0 Å². The first-order valence-corrected chi connectivity index (χ1v) is 4.25. The fraction of sp³-hybridized carbons (Fsp3) is 0.429. The quantitative estimate of drug-likeness (QED) is 0.685. The van der Waals surface area contributed by atoms with Gasteiger partial charge >= 0.3 is 12.0 Å². The van der Waals surface area contributed by atoms with E-state index in [9.17, 15) is 9.59 Å². The Morgan fingerprint density at radius 1 is 1.67 bits per heavy atom. The van der Waals surface area contributed by atoms with E-state index in [2.05, 4.69) is 20.0 Å². The van der Waals surface area contributed by atoms with E-state index >= 15 is 0 Å². The van der Waals surface area contributed by atoms with Crippen molar-refractivity contribution in [3.8, 4) is 0 Å². The van der Waals surface area contributed by atoms with Gasteiger partial charge in [-0.15, -0.1) is 0 Å². The molecule has 1 aliphatic heterocycles. The number of hydrogen-bond donors (Lipinski definition) is 2. The summed E-state index contributed by atoms with van der Waals surface area (Å²) >= 11 is 0. The molecule has 1 fully saturated rings. The van der Waals surface area contributed by atoms with E-state index in [-0.39, 0.29) is 18.5 Å². The molecule has 0 unspecified atom stereocenters. The zero-order valence-corrected chi connectivity index (χ0v) is 7.63. The molecule has 1 aromatic heterocycles. The highest BCUT2D eigenvalue weighted by Crippen LogP contribution is 2.05. The molecule has 80 valence electrons. The van der Waals surface area contributed by atoms with E-state index < -0.39 is 11.8 Å². The van der Waals surface area contributed by atoms with Gasteiger partial charge in [-0.25, -0.2) is 9.59 Å². The van der Waals surface area contributed by atoms with Crippen LogP contribution in [0.15, 0.2) is 4.52 Å². The highest BCUT2D eigenvalue weighted by atomic mass is 16.5. The summed E-state index contributed by atoms with van der Waals surface area (Å²) in [6, 6.07) is -0.218. The Hall–Kier alpha value is -2.12. The molecule has 8 heteroatoms. The monoisotopic (exact) mass is 212 g/mol. The van der Waals surface area contributed by atoms with Crippen LogP contribution in [0.4, 0.5) is 4.79 Å². The average molecular weight is 212 g/mol. The maximum atomic E-state index is 11.1. The van der Waals surface area contributed by atoms with Gasteiger partial charge in [0, 0.05) is 13.1 Å². The molecule has 2 heterocycles. The van der Waals surface area contributed by atoms with Gasteiger partial charge in [-0.2, -0.15) is 4.98 Å². The summed E-state index contributed by atoms with van der Waals surface area (Å²) < 4.78 is 4.67. The number of nitrogens with zero attached hydrogens (tertiary/aromatic N) is 3. The van der Waals surface area contributed by atoms with Gasteiger partial charge in [0.25, 0.3) is 5.82 Å². The standard InChI is InChI=1S/C7H8N4O4/c12-6(13)5-9-4(15-10-5)3-11-2-1-8-7(11)14/h1-3H2,(H,8,14)(H,12,13). The number of rotatable bonds is 3. The van der Waals surface area contributed by atoms with Crippen LogP contribution in [-0.4, -0.2) is 45.2 Å². The first-order valence-electron chi connectivity index (χ1n) is 4.25. The van der Waals surface area contributed by atoms with E-state index in [1.165, 1.54) is 4.90 Å². The maximum Gasteiger partial charge on any atom is 0.377 e. The maximum absolute atomic E-state index is 11.1. The Morgan fingerprint density at radius 2 is 2.47 bits per heavy atom.